The summed E-state index contributed by atoms with van der Waals surface area (Å²) >= 11 is 5.93. The van der Waals surface area contributed by atoms with E-state index >= 15 is 0 Å². The number of aliphatic hydroxyl groups is 1. The summed E-state index contributed by atoms with van der Waals surface area (Å²) in [6, 6.07) is 0. The number of aromatic hydroxyl groups is 2. The number of rotatable bonds is 4. The number of hydrogen-bond donors (Lipinski definition) is 3. The molecule has 4 nitrogen and oxygen atoms in total. The number of nitrogens with zero attached hydrogens (tertiary/aromatic N) is 1. The van der Waals surface area contributed by atoms with Gasteiger partial charge in [0, 0.05) is 35.7 Å². The lowest BCUT2D eigenvalue weighted by Crippen LogP contribution is -1.98. The topological polar surface area (TPSA) is 65.6 Å². The van der Waals surface area contributed by atoms with Crippen LogP contribution in [0.1, 0.15) is 24.0 Å². The maximum Gasteiger partial charge on any atom is 0.197 e. The Hall–Kier alpha value is -1.13. The van der Waals surface area contributed by atoms with Gasteiger partial charge in [-0.1, -0.05) is 17.7 Å². The number of fused-ring (bicyclic) bond motifs is 1. The van der Waals surface area contributed by atoms with Gasteiger partial charge in [-0.3, -0.25) is 4.57 Å². The van der Waals surface area contributed by atoms with Gasteiger partial charge in [0.05, 0.1) is 0 Å². The van der Waals surface area contributed by atoms with Crippen LogP contribution in [0.5, 0.6) is 11.8 Å². The molecule has 1 aromatic rings. The van der Waals surface area contributed by atoms with Crippen LogP contribution in [0.2, 0.25) is 0 Å². The molecule has 0 spiro atoms. The summed E-state index contributed by atoms with van der Waals surface area (Å²) in [6.45, 7) is 0.624. The van der Waals surface area contributed by atoms with Gasteiger partial charge < -0.3 is 15.3 Å². The summed E-state index contributed by atoms with van der Waals surface area (Å²) in [5.74, 6) is 0.220. The Morgan fingerprint density at radius 1 is 1.18 bits per heavy atom. The predicted molar refractivity (Wildman–Crippen MR) is 65.4 cm³/mol. The van der Waals surface area contributed by atoms with Crippen molar-refractivity contribution >= 4 is 11.6 Å². The Morgan fingerprint density at radius 3 is 2.59 bits per heavy atom. The number of aromatic nitrogens is 1. The normalized spacial score (nSPS) is 14.6. The first-order valence-electron chi connectivity index (χ1n) is 5.72. The van der Waals surface area contributed by atoms with Crippen LogP contribution in [0.3, 0.4) is 0 Å². The van der Waals surface area contributed by atoms with Crippen molar-refractivity contribution in [3.05, 3.63) is 22.2 Å². The molecule has 0 unspecified atom stereocenters. The quantitative estimate of drug-likeness (QED) is 0.722. The van der Waals surface area contributed by atoms with Crippen molar-refractivity contribution in [3.8, 4) is 11.8 Å². The molecule has 0 aromatic carbocycles. The lowest BCUT2D eigenvalue weighted by atomic mass is 10.0. The maximum absolute atomic E-state index is 10.0. The Morgan fingerprint density at radius 2 is 1.88 bits per heavy atom. The third kappa shape index (κ3) is 2.28. The third-order valence-corrected chi connectivity index (χ3v) is 3.37. The molecular formula is C12H16ClNO3. The van der Waals surface area contributed by atoms with E-state index in [1.54, 1.807) is 0 Å². The molecule has 0 saturated carbocycles. The molecule has 0 aliphatic heterocycles. The van der Waals surface area contributed by atoms with Crippen LogP contribution in [-0.2, 0) is 19.4 Å². The van der Waals surface area contributed by atoms with Gasteiger partial charge in [-0.2, -0.15) is 0 Å². The minimum absolute atomic E-state index is 0.0988. The number of halogens is 1. The molecule has 0 atom stereocenters. The molecule has 1 aromatic heterocycles. The van der Waals surface area contributed by atoms with Crippen molar-refractivity contribution in [1.82, 2.24) is 4.57 Å². The molecule has 0 fully saturated rings. The van der Waals surface area contributed by atoms with E-state index in [1.165, 1.54) is 4.57 Å². The maximum atomic E-state index is 10.0. The van der Waals surface area contributed by atoms with Crippen molar-refractivity contribution in [2.45, 2.75) is 32.2 Å². The van der Waals surface area contributed by atoms with E-state index in [1.807, 2.05) is 6.08 Å². The Kier molecular flexibility index (Phi) is 3.64. The summed E-state index contributed by atoms with van der Waals surface area (Å²) in [5, 5.41) is 29.5. The zero-order valence-corrected chi connectivity index (χ0v) is 10.2. The van der Waals surface area contributed by atoms with Crippen LogP contribution >= 0.6 is 11.6 Å². The average molecular weight is 258 g/mol. The van der Waals surface area contributed by atoms with Crippen molar-refractivity contribution in [2.24, 2.45) is 0 Å². The summed E-state index contributed by atoms with van der Waals surface area (Å²) in [7, 11) is 0. The molecule has 17 heavy (non-hydrogen) atoms. The van der Waals surface area contributed by atoms with Crippen molar-refractivity contribution in [1.29, 1.82) is 0 Å². The fourth-order valence-corrected chi connectivity index (χ4v) is 2.35. The second kappa shape index (κ2) is 5.02. The van der Waals surface area contributed by atoms with Gasteiger partial charge in [-0.15, -0.1) is 0 Å². The van der Waals surface area contributed by atoms with E-state index in [0.29, 0.717) is 37.3 Å². The largest absolute Gasteiger partial charge is 0.494 e. The molecule has 3 N–H and O–H groups in total. The van der Waals surface area contributed by atoms with Crippen LogP contribution in [0.15, 0.2) is 11.1 Å². The standard InChI is InChI=1S/C12H16ClNO3/c13-8-3-4-9-10(7-8)12(17)14(11(9)16)5-1-2-6-15/h3,15-17H,1-2,4-7H2. The minimum Gasteiger partial charge on any atom is -0.494 e. The van der Waals surface area contributed by atoms with Crippen LogP contribution in [0.25, 0.3) is 0 Å². The van der Waals surface area contributed by atoms with Crippen LogP contribution in [0, 0.1) is 0 Å². The fraction of sp³-hybridized carbons (Fsp3) is 0.500. The SMILES string of the molecule is OCCCCn1c(O)c2c(c1O)CC(Cl)=CC2. The van der Waals surface area contributed by atoms with Gasteiger partial charge in [-0.25, -0.2) is 0 Å². The second-order valence-corrected chi connectivity index (χ2v) is 4.70. The molecule has 1 aliphatic carbocycles. The molecule has 1 aliphatic rings. The van der Waals surface area contributed by atoms with Gasteiger partial charge in [0.1, 0.15) is 0 Å². The molecular weight excluding hydrogens is 242 g/mol. The molecule has 0 amide bonds. The molecule has 0 bridgehead atoms. The predicted octanol–water partition coefficient (Wildman–Crippen LogP) is 1.89. The molecule has 1 heterocycles. The summed E-state index contributed by atoms with van der Waals surface area (Å²) in [6.07, 6.45) is 4.25. The van der Waals surface area contributed by atoms with E-state index in [-0.39, 0.29) is 18.4 Å². The van der Waals surface area contributed by atoms with E-state index < -0.39 is 0 Å². The summed E-state index contributed by atoms with van der Waals surface area (Å²) in [5.41, 5.74) is 1.48. The summed E-state index contributed by atoms with van der Waals surface area (Å²) < 4.78 is 1.49. The van der Waals surface area contributed by atoms with Gasteiger partial charge in [0.25, 0.3) is 0 Å². The highest BCUT2D eigenvalue weighted by molar-refractivity contribution is 6.29. The molecule has 2 rings (SSSR count). The van der Waals surface area contributed by atoms with Crippen LogP contribution < -0.4 is 0 Å². The molecule has 0 saturated heterocycles. The van der Waals surface area contributed by atoms with Gasteiger partial charge in [0.15, 0.2) is 11.8 Å². The number of unbranched alkanes of at least 4 members (excludes halogenated alkanes) is 1. The fourth-order valence-electron chi connectivity index (χ4n) is 2.14. The van der Waals surface area contributed by atoms with Gasteiger partial charge in [-0.05, 0) is 19.3 Å². The molecule has 94 valence electrons. The lowest BCUT2D eigenvalue weighted by molar-refractivity contribution is 0.276. The first-order chi connectivity index (χ1) is 8.15. The van der Waals surface area contributed by atoms with Crippen molar-refractivity contribution in [3.63, 3.8) is 0 Å². The first kappa shape index (κ1) is 12.3. The Labute approximate surface area is 105 Å². The number of hydrogen-bond acceptors (Lipinski definition) is 3. The highest BCUT2D eigenvalue weighted by atomic mass is 35.5. The van der Waals surface area contributed by atoms with Crippen LogP contribution in [-0.4, -0.2) is 26.5 Å². The smallest absolute Gasteiger partial charge is 0.197 e. The molecule has 5 heteroatoms. The van der Waals surface area contributed by atoms with E-state index in [4.69, 9.17) is 16.7 Å². The first-order valence-corrected chi connectivity index (χ1v) is 6.10. The number of aliphatic hydroxyl groups excluding tert-OH is 1. The highest BCUT2D eigenvalue weighted by Gasteiger charge is 2.24. The zero-order chi connectivity index (χ0) is 12.4. The monoisotopic (exact) mass is 257 g/mol. The van der Waals surface area contributed by atoms with Gasteiger partial charge >= 0.3 is 0 Å². The van der Waals surface area contributed by atoms with E-state index in [9.17, 15) is 10.2 Å². The van der Waals surface area contributed by atoms with Crippen LogP contribution in [0.4, 0.5) is 0 Å². The Bertz CT molecular complexity index is 451. The van der Waals surface area contributed by atoms with E-state index in [0.717, 1.165) is 11.1 Å². The highest BCUT2D eigenvalue weighted by Crippen LogP contribution is 2.39. The third-order valence-electron chi connectivity index (χ3n) is 3.08. The zero-order valence-electron chi connectivity index (χ0n) is 9.49. The van der Waals surface area contributed by atoms with Crippen molar-refractivity contribution in [2.75, 3.05) is 6.61 Å². The van der Waals surface area contributed by atoms with E-state index in [2.05, 4.69) is 0 Å². The lowest BCUT2D eigenvalue weighted by Gasteiger charge is -2.07. The molecule has 0 radical (unpaired) electrons. The Balaban J connectivity index is 2.24. The van der Waals surface area contributed by atoms with Gasteiger partial charge in [0.2, 0.25) is 0 Å². The average Bonchev–Trinajstić information content (AvgIpc) is 2.54. The minimum atomic E-state index is 0.0988. The second-order valence-electron chi connectivity index (χ2n) is 4.22. The van der Waals surface area contributed by atoms with Crippen molar-refractivity contribution < 1.29 is 15.3 Å². The summed E-state index contributed by atoms with van der Waals surface area (Å²) in [4.78, 5) is 0. The number of allylic oxidation sites excluding steroid dienone is 2.